The smallest absolute Gasteiger partial charge is 0.213 e. The van der Waals surface area contributed by atoms with Crippen molar-refractivity contribution in [3.63, 3.8) is 0 Å². The molecule has 0 spiro atoms. The lowest BCUT2D eigenvalue weighted by Gasteiger charge is -2.33. The van der Waals surface area contributed by atoms with Gasteiger partial charge in [0.05, 0.1) is 14.0 Å². The maximum Gasteiger partial charge on any atom is 0.213 e. The van der Waals surface area contributed by atoms with Crippen LogP contribution in [0.3, 0.4) is 0 Å². The molecule has 0 bridgehead atoms. The number of benzene rings is 1. The normalized spacial score (nSPS) is 17.6. The Hall–Kier alpha value is -2.23. The predicted molar refractivity (Wildman–Crippen MR) is 152 cm³/mol. The Labute approximate surface area is 209 Å². The van der Waals surface area contributed by atoms with Crippen LogP contribution in [-0.4, -0.2) is 21.7 Å². The largest absolute Gasteiger partial charge is 0.316 e. The highest BCUT2D eigenvalue weighted by atomic mass is 28.3. The minimum atomic E-state index is -1.54. The molecule has 182 valence electrons. The van der Waals surface area contributed by atoms with Gasteiger partial charge in [0.15, 0.2) is 12.2 Å². The first kappa shape index (κ1) is 26.4. The monoisotopic (exact) mass is 473 g/mol. The molecular formula is C31H45N2Si+. The quantitative estimate of drug-likeness (QED) is 0.175. The van der Waals surface area contributed by atoms with Crippen molar-refractivity contribution in [3.05, 3.63) is 84.1 Å². The van der Waals surface area contributed by atoms with E-state index in [4.69, 9.17) is 0 Å². The van der Waals surface area contributed by atoms with Crippen molar-refractivity contribution in [1.82, 2.24) is 5.32 Å². The van der Waals surface area contributed by atoms with Gasteiger partial charge in [-0.15, -0.1) is 0 Å². The van der Waals surface area contributed by atoms with E-state index in [0.29, 0.717) is 11.8 Å². The van der Waals surface area contributed by atoms with Crippen LogP contribution in [-0.2, 0) is 6.42 Å². The summed E-state index contributed by atoms with van der Waals surface area (Å²) < 4.78 is 2.59. The summed E-state index contributed by atoms with van der Waals surface area (Å²) >= 11 is 0. The molecule has 3 heteroatoms. The van der Waals surface area contributed by atoms with Gasteiger partial charge in [-0.2, -0.15) is 4.57 Å². The molecule has 0 aliphatic carbocycles. The van der Waals surface area contributed by atoms with Crippen LogP contribution in [0, 0.1) is 5.92 Å². The van der Waals surface area contributed by atoms with Crippen molar-refractivity contribution in [2.75, 3.05) is 13.6 Å². The molecule has 0 saturated heterocycles. The number of pyridine rings is 1. The molecule has 1 aromatic carbocycles. The average Bonchev–Trinajstić information content (AvgIpc) is 2.76. The predicted octanol–water partition coefficient (Wildman–Crippen LogP) is 6.71. The molecule has 2 aromatic rings. The lowest BCUT2D eigenvalue weighted by molar-refractivity contribution is -0.708. The molecule has 1 aromatic heterocycles. The van der Waals surface area contributed by atoms with Crippen LogP contribution >= 0.6 is 0 Å². The summed E-state index contributed by atoms with van der Waals surface area (Å²) in [6.45, 7) is 23.9. The number of rotatable bonds is 10. The van der Waals surface area contributed by atoms with Gasteiger partial charge in [-0.1, -0.05) is 82.6 Å². The minimum Gasteiger partial charge on any atom is -0.316 e. The summed E-state index contributed by atoms with van der Waals surface area (Å²) in [5.41, 5.74) is 8.16. The summed E-state index contributed by atoms with van der Waals surface area (Å²) in [4.78, 5) is 0. The number of hydrogen-bond acceptors (Lipinski definition) is 1. The van der Waals surface area contributed by atoms with Crippen molar-refractivity contribution < 1.29 is 4.57 Å². The van der Waals surface area contributed by atoms with Crippen molar-refractivity contribution >= 4 is 13.3 Å². The second-order valence-electron chi connectivity index (χ2n) is 11.4. The molecule has 3 rings (SSSR count). The third-order valence-corrected chi connectivity index (χ3v) is 9.02. The van der Waals surface area contributed by atoms with E-state index in [1.165, 1.54) is 33.5 Å². The van der Waals surface area contributed by atoms with Crippen LogP contribution in [0.15, 0.2) is 73.0 Å². The van der Waals surface area contributed by atoms with E-state index in [0.717, 1.165) is 25.8 Å². The van der Waals surface area contributed by atoms with E-state index in [1.54, 1.807) is 5.19 Å². The van der Waals surface area contributed by atoms with Crippen molar-refractivity contribution in [2.45, 2.75) is 71.6 Å². The minimum absolute atomic E-state index is 0.235. The van der Waals surface area contributed by atoms with E-state index < -0.39 is 8.07 Å². The molecule has 1 aliphatic heterocycles. The lowest BCUT2D eigenvalue weighted by Crippen LogP contribution is -2.54. The molecule has 34 heavy (non-hydrogen) atoms. The van der Waals surface area contributed by atoms with Gasteiger partial charge in [0.2, 0.25) is 5.69 Å². The fourth-order valence-corrected chi connectivity index (χ4v) is 7.21. The SMILES string of the molecule is C=C(/C=C\C)CCC1c2ccccc2-c2cc(CC(C)C)c([Si](C)(C)C)c[n+]2C1C(=C)CNC. The number of nitrogens with zero attached hydrogens (tertiary/aromatic N) is 1. The molecular weight excluding hydrogens is 428 g/mol. The first-order valence-corrected chi connectivity index (χ1v) is 16.4. The van der Waals surface area contributed by atoms with Crippen LogP contribution < -0.4 is 15.1 Å². The molecule has 0 radical (unpaired) electrons. The number of aromatic nitrogens is 1. The summed E-state index contributed by atoms with van der Waals surface area (Å²) in [5, 5.41) is 4.96. The standard InChI is InChI=1S/C31H45N2Si/c1-10-13-23(4)16-17-28-26-14-11-12-15-27(26)29-19-25(18-22(2)3)30(34(7,8)9)21-33(29)31(28)24(5)20-32-6/h10-15,19,21-22,28,31-32H,4-5,16-18,20H2,1-3,6-9H3/q+1/b13-10-. The Morgan fingerprint density at radius 1 is 1.18 bits per heavy atom. The van der Waals surface area contributed by atoms with E-state index in [9.17, 15) is 0 Å². The third-order valence-electron chi connectivity index (χ3n) is 6.96. The van der Waals surface area contributed by atoms with Crippen LogP contribution in [0.1, 0.15) is 56.7 Å². The van der Waals surface area contributed by atoms with Gasteiger partial charge in [0.25, 0.3) is 0 Å². The molecule has 0 fully saturated rings. The Morgan fingerprint density at radius 3 is 2.50 bits per heavy atom. The Morgan fingerprint density at radius 2 is 1.88 bits per heavy atom. The summed E-state index contributed by atoms with van der Waals surface area (Å²) in [6.07, 6.45) is 9.95. The summed E-state index contributed by atoms with van der Waals surface area (Å²) in [7, 11) is 0.487. The lowest BCUT2D eigenvalue weighted by atomic mass is 9.77. The number of hydrogen-bond donors (Lipinski definition) is 1. The molecule has 1 N–H and O–H groups in total. The Bertz CT molecular complexity index is 1070. The fourth-order valence-electron chi connectivity index (χ4n) is 5.54. The van der Waals surface area contributed by atoms with Gasteiger partial charge in [0, 0.05) is 28.9 Å². The molecule has 2 atom stereocenters. The van der Waals surface area contributed by atoms with Crippen LogP contribution in [0.25, 0.3) is 11.3 Å². The van der Waals surface area contributed by atoms with Gasteiger partial charge in [-0.05, 0) is 56.3 Å². The molecule has 2 unspecified atom stereocenters. The number of likely N-dealkylation sites (N-methyl/N-ethyl adjacent to an activating group) is 1. The van der Waals surface area contributed by atoms with E-state index in [2.05, 4.69) is 112 Å². The highest BCUT2D eigenvalue weighted by molar-refractivity contribution is 6.89. The third kappa shape index (κ3) is 5.70. The first-order chi connectivity index (χ1) is 16.1. The average molecular weight is 474 g/mol. The van der Waals surface area contributed by atoms with Crippen LogP contribution in [0.4, 0.5) is 0 Å². The second-order valence-corrected chi connectivity index (χ2v) is 16.4. The van der Waals surface area contributed by atoms with Gasteiger partial charge in [-0.25, -0.2) is 0 Å². The van der Waals surface area contributed by atoms with Gasteiger partial charge in [0.1, 0.15) is 0 Å². The van der Waals surface area contributed by atoms with E-state index >= 15 is 0 Å². The zero-order valence-corrected chi connectivity index (χ0v) is 23.5. The van der Waals surface area contributed by atoms with Gasteiger partial charge in [-0.3, -0.25) is 0 Å². The molecule has 2 heterocycles. The Kier molecular flexibility index (Phi) is 8.54. The maximum absolute atomic E-state index is 4.61. The highest BCUT2D eigenvalue weighted by Gasteiger charge is 2.42. The Balaban J connectivity index is 2.25. The van der Waals surface area contributed by atoms with Crippen molar-refractivity contribution in [1.29, 1.82) is 0 Å². The second kappa shape index (κ2) is 11.0. The molecule has 1 aliphatic rings. The molecule has 0 amide bonds. The summed E-state index contributed by atoms with van der Waals surface area (Å²) in [5.74, 6) is 1.01. The van der Waals surface area contributed by atoms with E-state index in [-0.39, 0.29) is 6.04 Å². The zero-order chi connectivity index (χ0) is 25.0. The first-order valence-electron chi connectivity index (χ1n) is 12.9. The van der Waals surface area contributed by atoms with Crippen LogP contribution in [0.5, 0.6) is 0 Å². The topological polar surface area (TPSA) is 15.9 Å². The van der Waals surface area contributed by atoms with E-state index in [1.807, 2.05) is 7.05 Å². The zero-order valence-electron chi connectivity index (χ0n) is 22.5. The summed E-state index contributed by atoms with van der Waals surface area (Å²) in [6, 6.07) is 11.8. The van der Waals surface area contributed by atoms with Crippen LogP contribution in [0.2, 0.25) is 19.6 Å². The fraction of sp³-hybridized carbons (Fsp3) is 0.452. The molecule has 2 nitrogen and oxygen atoms in total. The number of nitrogens with one attached hydrogen (secondary N) is 1. The van der Waals surface area contributed by atoms with Crippen molar-refractivity contribution in [3.8, 4) is 11.3 Å². The molecule has 0 saturated carbocycles. The number of allylic oxidation sites excluding steroid dienone is 3. The van der Waals surface area contributed by atoms with Crippen molar-refractivity contribution in [2.24, 2.45) is 5.92 Å². The maximum atomic E-state index is 4.61. The van der Waals surface area contributed by atoms with Gasteiger partial charge < -0.3 is 5.32 Å². The number of fused-ring (bicyclic) bond motifs is 3. The van der Waals surface area contributed by atoms with Gasteiger partial charge >= 0.3 is 0 Å². The highest BCUT2D eigenvalue weighted by Crippen LogP contribution is 2.43.